The zero-order chi connectivity index (χ0) is 17.6. The molecule has 0 radical (unpaired) electrons. The van der Waals surface area contributed by atoms with Crippen LogP contribution >= 0.6 is 15.9 Å². The minimum absolute atomic E-state index is 0.127. The quantitative estimate of drug-likeness (QED) is 0.613. The van der Waals surface area contributed by atoms with Gasteiger partial charge in [0.1, 0.15) is 0 Å². The monoisotopic (exact) mass is 396 g/mol. The summed E-state index contributed by atoms with van der Waals surface area (Å²) < 4.78 is 6.67. The molecular weight excluding hydrogens is 368 g/mol. The summed E-state index contributed by atoms with van der Waals surface area (Å²) in [6.07, 6.45) is 2.08. The van der Waals surface area contributed by atoms with Crippen molar-refractivity contribution in [2.75, 3.05) is 47.9 Å². The second kappa shape index (κ2) is 8.83. The molecule has 0 atom stereocenters. The Labute approximate surface area is 154 Å². The van der Waals surface area contributed by atoms with Crippen LogP contribution in [0.1, 0.15) is 18.4 Å². The number of hydrogen-bond donors (Lipinski definition) is 1. The van der Waals surface area contributed by atoms with Crippen molar-refractivity contribution >= 4 is 21.9 Å². The van der Waals surface area contributed by atoms with E-state index in [2.05, 4.69) is 75.4 Å². The van der Waals surface area contributed by atoms with Crippen molar-refractivity contribution in [2.45, 2.75) is 24.9 Å². The number of nitrogens with one attached hydrogen (secondary N) is 1. The van der Waals surface area contributed by atoms with Crippen molar-refractivity contribution in [1.82, 2.24) is 15.1 Å². The molecular formula is C18H29BrN4O. The van der Waals surface area contributed by atoms with Crippen molar-refractivity contribution in [3.63, 3.8) is 0 Å². The van der Waals surface area contributed by atoms with Gasteiger partial charge in [-0.25, -0.2) is 0 Å². The van der Waals surface area contributed by atoms with Crippen LogP contribution in [-0.4, -0.2) is 69.2 Å². The lowest BCUT2D eigenvalue weighted by atomic mass is 9.88. The summed E-state index contributed by atoms with van der Waals surface area (Å²) in [7, 11) is 8.22. The molecule has 6 heteroatoms. The van der Waals surface area contributed by atoms with Gasteiger partial charge >= 0.3 is 0 Å². The van der Waals surface area contributed by atoms with E-state index in [4.69, 9.17) is 4.74 Å². The van der Waals surface area contributed by atoms with Crippen LogP contribution in [0.5, 0.6) is 0 Å². The number of guanidine groups is 1. The van der Waals surface area contributed by atoms with Gasteiger partial charge in [0.05, 0.1) is 0 Å². The predicted octanol–water partition coefficient (Wildman–Crippen LogP) is 2.57. The van der Waals surface area contributed by atoms with Gasteiger partial charge in [-0.15, -0.1) is 0 Å². The lowest BCUT2D eigenvalue weighted by molar-refractivity contribution is -0.00522. The number of hydrogen-bond acceptors (Lipinski definition) is 3. The number of benzene rings is 1. The Morgan fingerprint density at radius 1 is 1.25 bits per heavy atom. The van der Waals surface area contributed by atoms with Gasteiger partial charge in [-0.1, -0.05) is 34.1 Å². The highest BCUT2D eigenvalue weighted by molar-refractivity contribution is 9.10. The molecule has 1 saturated heterocycles. The van der Waals surface area contributed by atoms with Crippen LogP contribution in [0.25, 0.3) is 0 Å². The van der Waals surface area contributed by atoms with Crippen LogP contribution in [0.15, 0.2) is 33.7 Å². The number of rotatable bonds is 5. The van der Waals surface area contributed by atoms with E-state index in [9.17, 15) is 0 Å². The third kappa shape index (κ3) is 4.71. The van der Waals surface area contributed by atoms with E-state index in [1.807, 2.05) is 13.1 Å². The van der Waals surface area contributed by atoms with E-state index in [-0.39, 0.29) is 5.54 Å². The highest BCUT2D eigenvalue weighted by atomic mass is 79.9. The van der Waals surface area contributed by atoms with E-state index in [1.165, 1.54) is 5.56 Å². The maximum absolute atomic E-state index is 5.55. The fourth-order valence-electron chi connectivity index (χ4n) is 3.12. The first-order valence-corrected chi connectivity index (χ1v) is 9.18. The van der Waals surface area contributed by atoms with Gasteiger partial charge in [0.2, 0.25) is 0 Å². The summed E-state index contributed by atoms with van der Waals surface area (Å²) in [4.78, 5) is 8.93. The third-order valence-corrected chi connectivity index (χ3v) is 5.66. The lowest BCUT2D eigenvalue weighted by Gasteiger charge is -2.43. The summed E-state index contributed by atoms with van der Waals surface area (Å²) in [5.41, 5.74) is 1.37. The molecule has 1 aliphatic rings. The van der Waals surface area contributed by atoms with Crippen LogP contribution in [0, 0.1) is 0 Å². The van der Waals surface area contributed by atoms with Crippen molar-refractivity contribution in [1.29, 1.82) is 0 Å². The zero-order valence-electron chi connectivity index (χ0n) is 15.2. The van der Waals surface area contributed by atoms with Crippen LogP contribution in [-0.2, 0) is 11.3 Å². The Balaban J connectivity index is 1.99. The van der Waals surface area contributed by atoms with Crippen molar-refractivity contribution in [3.8, 4) is 0 Å². The molecule has 1 aromatic carbocycles. The molecule has 2 rings (SSSR count). The van der Waals surface area contributed by atoms with E-state index < -0.39 is 0 Å². The molecule has 0 saturated carbocycles. The summed E-state index contributed by atoms with van der Waals surface area (Å²) in [5.74, 6) is 0.915. The number of halogens is 1. The largest absolute Gasteiger partial charge is 0.381 e. The molecule has 0 bridgehead atoms. The highest BCUT2D eigenvalue weighted by Gasteiger charge is 2.35. The van der Waals surface area contributed by atoms with Crippen molar-refractivity contribution < 1.29 is 4.74 Å². The molecule has 1 fully saturated rings. The Hall–Kier alpha value is -1.11. The minimum Gasteiger partial charge on any atom is -0.381 e. The predicted molar refractivity (Wildman–Crippen MR) is 103 cm³/mol. The van der Waals surface area contributed by atoms with Crippen LogP contribution in [0.2, 0.25) is 0 Å². The van der Waals surface area contributed by atoms with Gasteiger partial charge in [-0.2, -0.15) is 0 Å². The van der Waals surface area contributed by atoms with Gasteiger partial charge in [-0.3, -0.25) is 4.99 Å². The van der Waals surface area contributed by atoms with E-state index in [0.717, 1.165) is 49.6 Å². The second-order valence-electron chi connectivity index (χ2n) is 6.58. The van der Waals surface area contributed by atoms with Crippen LogP contribution in [0.3, 0.4) is 0 Å². The fraction of sp³-hybridized carbons (Fsp3) is 0.611. The van der Waals surface area contributed by atoms with Gasteiger partial charge < -0.3 is 19.9 Å². The van der Waals surface area contributed by atoms with Gasteiger partial charge in [0.15, 0.2) is 5.96 Å². The van der Waals surface area contributed by atoms with E-state index >= 15 is 0 Å². The van der Waals surface area contributed by atoms with Crippen LogP contribution < -0.4 is 5.32 Å². The maximum atomic E-state index is 5.55. The van der Waals surface area contributed by atoms with Crippen LogP contribution in [0.4, 0.5) is 0 Å². The molecule has 1 aromatic rings. The molecule has 0 aliphatic carbocycles. The molecule has 0 amide bonds. The summed E-state index contributed by atoms with van der Waals surface area (Å²) in [5, 5.41) is 3.56. The van der Waals surface area contributed by atoms with Gasteiger partial charge in [0, 0.05) is 50.4 Å². The zero-order valence-corrected chi connectivity index (χ0v) is 16.8. The first kappa shape index (κ1) is 19.2. The first-order valence-electron chi connectivity index (χ1n) is 8.39. The lowest BCUT2D eigenvalue weighted by Crippen LogP contribution is -2.57. The normalized spacial score (nSPS) is 17.8. The highest BCUT2D eigenvalue weighted by Crippen LogP contribution is 2.25. The summed E-state index contributed by atoms with van der Waals surface area (Å²) in [6, 6.07) is 8.30. The Kier molecular flexibility index (Phi) is 7.07. The Morgan fingerprint density at radius 3 is 2.50 bits per heavy atom. The first-order chi connectivity index (χ1) is 11.5. The number of likely N-dealkylation sites (N-methyl/N-ethyl adjacent to an activating group) is 1. The molecule has 5 nitrogen and oxygen atoms in total. The van der Waals surface area contributed by atoms with Gasteiger partial charge in [-0.05, 0) is 38.6 Å². The summed E-state index contributed by atoms with van der Waals surface area (Å²) >= 11 is 3.62. The molecule has 0 aromatic heterocycles. The minimum atomic E-state index is 0.127. The third-order valence-electron chi connectivity index (χ3n) is 4.89. The van der Waals surface area contributed by atoms with E-state index in [0.29, 0.717) is 0 Å². The average Bonchev–Trinajstić information content (AvgIpc) is 2.58. The molecule has 24 heavy (non-hydrogen) atoms. The Morgan fingerprint density at radius 2 is 1.92 bits per heavy atom. The number of ether oxygens (including phenoxy) is 1. The molecule has 0 spiro atoms. The number of aliphatic imine (C=N–C) groups is 1. The van der Waals surface area contributed by atoms with E-state index in [1.54, 1.807) is 0 Å². The second-order valence-corrected chi connectivity index (χ2v) is 7.43. The number of nitrogens with zero attached hydrogens (tertiary/aromatic N) is 3. The van der Waals surface area contributed by atoms with Crippen molar-refractivity contribution in [2.24, 2.45) is 4.99 Å². The topological polar surface area (TPSA) is 40.1 Å². The SMILES string of the molecule is CN=C(NCC1(N(C)C)CCOCC1)N(C)Cc1ccccc1Br. The smallest absolute Gasteiger partial charge is 0.193 e. The molecule has 1 heterocycles. The molecule has 134 valence electrons. The average molecular weight is 397 g/mol. The fourth-order valence-corrected chi connectivity index (χ4v) is 3.53. The molecule has 0 unspecified atom stereocenters. The van der Waals surface area contributed by atoms with Crippen molar-refractivity contribution in [3.05, 3.63) is 34.3 Å². The van der Waals surface area contributed by atoms with Gasteiger partial charge in [0.25, 0.3) is 0 Å². The standard InChI is InChI=1S/C18H29BrN4O/c1-20-17(23(4)13-15-7-5-6-8-16(15)19)21-14-18(22(2)3)9-11-24-12-10-18/h5-8H,9-14H2,1-4H3,(H,20,21). The maximum Gasteiger partial charge on any atom is 0.193 e. The Bertz CT molecular complexity index is 556. The molecule has 1 aliphatic heterocycles. The molecule has 1 N–H and O–H groups in total. The summed E-state index contributed by atoms with van der Waals surface area (Å²) in [6.45, 7) is 3.33.